The second kappa shape index (κ2) is 10.9. The van der Waals surface area contributed by atoms with Crippen molar-refractivity contribution in [3.8, 4) is 11.5 Å². The van der Waals surface area contributed by atoms with Gasteiger partial charge >= 0.3 is 0 Å². The first-order chi connectivity index (χ1) is 17.4. The predicted octanol–water partition coefficient (Wildman–Crippen LogP) is 6.68. The maximum atomic E-state index is 14.1. The zero-order valence-corrected chi connectivity index (χ0v) is 21.5. The fraction of sp³-hybridized carbons (Fsp3) is 0.567. The molecule has 2 aliphatic heterocycles. The molecular weight excluding hydrogens is 458 g/mol. The number of ether oxygens (including phenoxy) is 1. The molecule has 1 aliphatic carbocycles. The number of carbonyl (C=O) groups excluding carboxylic acids is 1. The van der Waals surface area contributed by atoms with Crippen LogP contribution < -0.4 is 4.74 Å². The summed E-state index contributed by atoms with van der Waals surface area (Å²) in [6, 6.07) is 8.78. The van der Waals surface area contributed by atoms with Crippen molar-refractivity contribution in [2.45, 2.75) is 64.8 Å². The van der Waals surface area contributed by atoms with Gasteiger partial charge in [0.2, 0.25) is 0 Å². The van der Waals surface area contributed by atoms with Gasteiger partial charge in [-0.25, -0.2) is 8.78 Å². The number of likely N-dealkylation sites (tertiary alicyclic amines) is 1. The molecule has 0 spiro atoms. The molecule has 0 N–H and O–H groups in total. The van der Waals surface area contributed by atoms with Gasteiger partial charge in [-0.2, -0.15) is 0 Å². The monoisotopic (exact) mass is 496 g/mol. The Hall–Kier alpha value is -2.47. The number of piperidine rings is 1. The molecule has 194 valence electrons. The van der Waals surface area contributed by atoms with Crippen molar-refractivity contribution in [2.75, 3.05) is 26.2 Å². The quantitative estimate of drug-likeness (QED) is 0.388. The Labute approximate surface area is 213 Å². The van der Waals surface area contributed by atoms with Crippen LogP contribution in [0, 0.1) is 29.4 Å². The molecule has 1 saturated heterocycles. The van der Waals surface area contributed by atoms with Crippen LogP contribution in [0.2, 0.25) is 0 Å². The SMILES string of the molecule is CC(C)[C@H](CCC1CCN(CC2CC2)CC1)N1CCc2ccc(Oc3ccc(F)cc3F)cc2C1=O. The molecule has 2 fully saturated rings. The Bertz CT molecular complexity index is 1080. The number of nitrogens with zero attached hydrogens (tertiary/aromatic N) is 2. The van der Waals surface area contributed by atoms with Crippen molar-refractivity contribution < 1.29 is 18.3 Å². The van der Waals surface area contributed by atoms with Crippen molar-refractivity contribution in [2.24, 2.45) is 17.8 Å². The number of amides is 1. The maximum Gasteiger partial charge on any atom is 0.254 e. The lowest BCUT2D eigenvalue weighted by atomic mass is 9.86. The number of fused-ring (bicyclic) bond motifs is 1. The third-order valence-corrected chi connectivity index (χ3v) is 8.28. The number of hydrogen-bond donors (Lipinski definition) is 0. The number of carbonyl (C=O) groups is 1. The molecule has 5 rings (SSSR count). The van der Waals surface area contributed by atoms with Crippen LogP contribution >= 0.6 is 0 Å². The van der Waals surface area contributed by atoms with E-state index in [0.29, 0.717) is 17.2 Å². The average molecular weight is 497 g/mol. The first kappa shape index (κ1) is 25.2. The van der Waals surface area contributed by atoms with Crippen molar-refractivity contribution in [3.63, 3.8) is 0 Å². The normalized spacial score (nSPS) is 20.0. The van der Waals surface area contributed by atoms with Gasteiger partial charge in [0.25, 0.3) is 5.91 Å². The molecule has 0 aromatic heterocycles. The molecular formula is C30H38F2N2O2. The summed E-state index contributed by atoms with van der Waals surface area (Å²) in [4.78, 5) is 18.3. The number of halogens is 2. The minimum atomic E-state index is -0.765. The maximum absolute atomic E-state index is 14.1. The van der Waals surface area contributed by atoms with Crippen LogP contribution in [0.15, 0.2) is 36.4 Å². The minimum absolute atomic E-state index is 0.0271. The molecule has 0 radical (unpaired) electrons. The summed E-state index contributed by atoms with van der Waals surface area (Å²) in [5, 5.41) is 0. The summed E-state index contributed by atoms with van der Waals surface area (Å²) in [6.45, 7) is 8.89. The molecule has 2 aromatic carbocycles. The summed E-state index contributed by atoms with van der Waals surface area (Å²) in [7, 11) is 0. The molecule has 3 aliphatic rings. The molecule has 1 atom stereocenters. The predicted molar refractivity (Wildman–Crippen MR) is 137 cm³/mol. The second-order valence-electron chi connectivity index (χ2n) is 11.3. The van der Waals surface area contributed by atoms with Gasteiger partial charge in [0.15, 0.2) is 11.6 Å². The summed E-state index contributed by atoms with van der Waals surface area (Å²) in [5.41, 5.74) is 1.62. The Morgan fingerprint density at radius 1 is 0.972 bits per heavy atom. The zero-order chi connectivity index (χ0) is 25.2. The third-order valence-electron chi connectivity index (χ3n) is 8.28. The highest BCUT2D eigenvalue weighted by Gasteiger charge is 2.33. The molecule has 4 nitrogen and oxygen atoms in total. The van der Waals surface area contributed by atoms with E-state index in [0.717, 1.165) is 48.9 Å². The standard InChI is InChI=1S/C30H38F2N2O2/c1-20(2)28(9-5-21-11-14-33(15-12-21)19-22-3-4-22)34-16-13-23-6-8-25(18-26(23)30(34)35)36-29-10-7-24(31)17-27(29)32/h6-8,10,17-18,20-22,28H,3-5,9,11-16,19H2,1-2H3/t28-/m0/s1. The lowest BCUT2D eigenvalue weighted by Crippen LogP contribution is -2.47. The van der Waals surface area contributed by atoms with E-state index in [4.69, 9.17) is 4.74 Å². The van der Waals surface area contributed by atoms with E-state index in [1.807, 2.05) is 6.07 Å². The van der Waals surface area contributed by atoms with Crippen molar-refractivity contribution in [3.05, 3.63) is 59.2 Å². The zero-order valence-electron chi connectivity index (χ0n) is 21.5. The van der Waals surface area contributed by atoms with Gasteiger partial charge in [0.1, 0.15) is 11.6 Å². The van der Waals surface area contributed by atoms with E-state index < -0.39 is 11.6 Å². The summed E-state index contributed by atoms with van der Waals surface area (Å²) < 4.78 is 33.0. The van der Waals surface area contributed by atoms with Crippen LogP contribution in [0.3, 0.4) is 0 Å². The largest absolute Gasteiger partial charge is 0.454 e. The Morgan fingerprint density at radius 2 is 1.75 bits per heavy atom. The third kappa shape index (κ3) is 5.91. The van der Waals surface area contributed by atoms with Gasteiger partial charge < -0.3 is 14.5 Å². The fourth-order valence-electron chi connectivity index (χ4n) is 5.91. The van der Waals surface area contributed by atoms with Gasteiger partial charge in [-0.05, 0) is 106 Å². The molecule has 0 bridgehead atoms. The molecule has 2 aromatic rings. The Balaban J connectivity index is 1.22. The Morgan fingerprint density at radius 3 is 2.44 bits per heavy atom. The van der Waals surface area contributed by atoms with Crippen molar-refractivity contribution in [1.82, 2.24) is 9.80 Å². The summed E-state index contributed by atoms with van der Waals surface area (Å²) in [6.07, 6.45) is 8.38. The molecule has 1 saturated carbocycles. The van der Waals surface area contributed by atoms with Crippen LogP contribution in [0.25, 0.3) is 0 Å². The topological polar surface area (TPSA) is 32.8 Å². The molecule has 36 heavy (non-hydrogen) atoms. The highest BCUT2D eigenvalue weighted by Crippen LogP contribution is 2.34. The Kier molecular flexibility index (Phi) is 7.61. The van der Waals surface area contributed by atoms with Gasteiger partial charge in [0, 0.05) is 30.8 Å². The summed E-state index contributed by atoms with van der Waals surface area (Å²) >= 11 is 0. The lowest BCUT2D eigenvalue weighted by Gasteiger charge is -2.39. The second-order valence-corrected chi connectivity index (χ2v) is 11.3. The fourth-order valence-corrected chi connectivity index (χ4v) is 5.91. The average Bonchev–Trinajstić information content (AvgIpc) is 3.67. The molecule has 6 heteroatoms. The molecule has 0 unspecified atom stereocenters. The smallest absolute Gasteiger partial charge is 0.254 e. The van der Waals surface area contributed by atoms with Gasteiger partial charge in [-0.3, -0.25) is 4.79 Å². The van der Waals surface area contributed by atoms with E-state index in [1.165, 1.54) is 57.8 Å². The number of rotatable bonds is 9. The van der Waals surface area contributed by atoms with E-state index in [1.54, 1.807) is 12.1 Å². The van der Waals surface area contributed by atoms with E-state index >= 15 is 0 Å². The highest BCUT2D eigenvalue weighted by molar-refractivity contribution is 5.97. The first-order valence-electron chi connectivity index (χ1n) is 13.7. The van der Waals surface area contributed by atoms with Crippen molar-refractivity contribution in [1.29, 1.82) is 0 Å². The van der Waals surface area contributed by atoms with Gasteiger partial charge in [-0.1, -0.05) is 19.9 Å². The van der Waals surface area contributed by atoms with E-state index in [2.05, 4.69) is 23.6 Å². The van der Waals surface area contributed by atoms with Crippen LogP contribution in [0.1, 0.15) is 68.3 Å². The number of hydrogen-bond acceptors (Lipinski definition) is 3. The molecule has 2 heterocycles. The van der Waals surface area contributed by atoms with Gasteiger partial charge in [-0.15, -0.1) is 0 Å². The minimum Gasteiger partial charge on any atom is -0.454 e. The van der Waals surface area contributed by atoms with E-state index in [-0.39, 0.29) is 17.7 Å². The first-order valence-corrected chi connectivity index (χ1v) is 13.7. The molecule has 1 amide bonds. The van der Waals surface area contributed by atoms with Crippen LogP contribution in [-0.2, 0) is 6.42 Å². The summed E-state index contributed by atoms with van der Waals surface area (Å²) in [5.74, 6) is 1.02. The highest BCUT2D eigenvalue weighted by atomic mass is 19.1. The van der Waals surface area contributed by atoms with E-state index in [9.17, 15) is 13.6 Å². The lowest BCUT2D eigenvalue weighted by molar-refractivity contribution is 0.0573. The van der Waals surface area contributed by atoms with Gasteiger partial charge in [0.05, 0.1) is 0 Å². The van der Waals surface area contributed by atoms with Crippen LogP contribution in [0.5, 0.6) is 11.5 Å². The van der Waals surface area contributed by atoms with Crippen molar-refractivity contribution >= 4 is 5.91 Å². The van der Waals surface area contributed by atoms with Crippen LogP contribution in [0.4, 0.5) is 8.78 Å². The number of benzene rings is 2. The van der Waals surface area contributed by atoms with Crippen LogP contribution in [-0.4, -0.2) is 47.9 Å².